The average Bonchev–Trinajstić information content (AvgIpc) is 2.53. The Kier molecular flexibility index (Phi) is 2.15. The van der Waals surface area contributed by atoms with E-state index in [0.717, 1.165) is 5.82 Å². The second-order valence-electron chi connectivity index (χ2n) is 2.73. The van der Waals surface area contributed by atoms with Crippen LogP contribution in [0.4, 0.5) is 0 Å². The smallest absolute Gasteiger partial charge is 0.115 e. The SMILES string of the molecule is N#Cc1ccn(C2=CC=NC=CN2)c1. The van der Waals surface area contributed by atoms with Crippen LogP contribution in [0.25, 0.3) is 5.82 Å². The number of aliphatic imine (C=N–C) groups is 1. The van der Waals surface area contributed by atoms with Crippen molar-refractivity contribution in [2.24, 2.45) is 4.99 Å². The van der Waals surface area contributed by atoms with Crippen LogP contribution in [0.15, 0.2) is 41.9 Å². The van der Waals surface area contributed by atoms with E-state index in [1.54, 1.807) is 30.9 Å². The van der Waals surface area contributed by atoms with Gasteiger partial charge < -0.3 is 9.88 Å². The summed E-state index contributed by atoms with van der Waals surface area (Å²) in [6.45, 7) is 0. The summed E-state index contributed by atoms with van der Waals surface area (Å²) >= 11 is 0. The minimum atomic E-state index is 0.637. The third-order valence-electron chi connectivity index (χ3n) is 1.81. The molecule has 0 fully saturated rings. The quantitative estimate of drug-likeness (QED) is 0.715. The molecular formula is C10H8N4. The van der Waals surface area contributed by atoms with Gasteiger partial charge in [0.05, 0.1) is 5.56 Å². The minimum Gasteiger partial charge on any atom is -0.346 e. The van der Waals surface area contributed by atoms with Gasteiger partial charge >= 0.3 is 0 Å². The molecule has 2 rings (SSSR count). The number of nitrogens with one attached hydrogen (secondary N) is 1. The molecule has 0 saturated heterocycles. The van der Waals surface area contributed by atoms with Gasteiger partial charge in [0.15, 0.2) is 0 Å². The fourth-order valence-corrected chi connectivity index (χ4v) is 1.15. The molecule has 0 amide bonds. The summed E-state index contributed by atoms with van der Waals surface area (Å²) in [5, 5.41) is 11.7. The minimum absolute atomic E-state index is 0.637. The molecule has 68 valence electrons. The van der Waals surface area contributed by atoms with Gasteiger partial charge in [0.2, 0.25) is 0 Å². The molecule has 4 nitrogen and oxygen atoms in total. The van der Waals surface area contributed by atoms with Gasteiger partial charge in [0.25, 0.3) is 0 Å². The first kappa shape index (κ1) is 8.32. The van der Waals surface area contributed by atoms with Crippen molar-refractivity contribution in [2.45, 2.75) is 0 Å². The zero-order valence-corrected chi connectivity index (χ0v) is 7.38. The van der Waals surface area contributed by atoms with E-state index >= 15 is 0 Å². The molecule has 1 aromatic heterocycles. The highest BCUT2D eigenvalue weighted by Gasteiger charge is 1.99. The van der Waals surface area contributed by atoms with Crippen LogP contribution in [0.3, 0.4) is 0 Å². The third kappa shape index (κ3) is 1.57. The van der Waals surface area contributed by atoms with Crippen molar-refractivity contribution in [3.63, 3.8) is 0 Å². The molecule has 4 heteroatoms. The molecular weight excluding hydrogens is 176 g/mol. The maximum absolute atomic E-state index is 8.66. The molecule has 0 saturated carbocycles. The molecule has 0 bridgehead atoms. The van der Waals surface area contributed by atoms with Gasteiger partial charge in [-0.25, -0.2) is 0 Å². The second kappa shape index (κ2) is 3.62. The number of nitriles is 1. The number of rotatable bonds is 1. The van der Waals surface area contributed by atoms with E-state index in [0.29, 0.717) is 5.56 Å². The Morgan fingerprint density at radius 3 is 3.21 bits per heavy atom. The highest BCUT2D eigenvalue weighted by molar-refractivity contribution is 5.80. The average molecular weight is 184 g/mol. The number of allylic oxidation sites excluding steroid dienone is 1. The van der Waals surface area contributed by atoms with Gasteiger partial charge in [0, 0.05) is 31.0 Å². The van der Waals surface area contributed by atoms with Crippen LogP contribution in [0.2, 0.25) is 0 Å². The van der Waals surface area contributed by atoms with E-state index < -0.39 is 0 Å². The summed E-state index contributed by atoms with van der Waals surface area (Å²) in [5.74, 6) is 0.865. The van der Waals surface area contributed by atoms with E-state index in [4.69, 9.17) is 5.26 Å². The van der Waals surface area contributed by atoms with E-state index in [1.165, 1.54) is 0 Å². The van der Waals surface area contributed by atoms with Crippen molar-refractivity contribution < 1.29 is 0 Å². The van der Waals surface area contributed by atoms with E-state index in [1.807, 2.05) is 16.8 Å². The lowest BCUT2D eigenvalue weighted by atomic mass is 10.4. The van der Waals surface area contributed by atoms with Crippen molar-refractivity contribution in [3.8, 4) is 6.07 Å². The van der Waals surface area contributed by atoms with Crippen LogP contribution >= 0.6 is 0 Å². The predicted molar refractivity (Wildman–Crippen MR) is 54.2 cm³/mol. The first-order valence-corrected chi connectivity index (χ1v) is 4.13. The molecule has 1 aliphatic rings. The Balaban J connectivity index is 2.31. The largest absolute Gasteiger partial charge is 0.346 e. The second-order valence-corrected chi connectivity index (χ2v) is 2.73. The Hall–Kier alpha value is -2.28. The monoisotopic (exact) mass is 184 g/mol. The van der Waals surface area contributed by atoms with E-state index in [9.17, 15) is 0 Å². The van der Waals surface area contributed by atoms with E-state index in [2.05, 4.69) is 16.4 Å². The van der Waals surface area contributed by atoms with Gasteiger partial charge in [0.1, 0.15) is 11.9 Å². The van der Waals surface area contributed by atoms with Crippen LogP contribution in [0.1, 0.15) is 5.56 Å². The Bertz CT molecular complexity index is 457. The fraction of sp³-hybridized carbons (Fsp3) is 0. The molecule has 0 aliphatic carbocycles. The fourth-order valence-electron chi connectivity index (χ4n) is 1.15. The molecule has 0 spiro atoms. The lowest BCUT2D eigenvalue weighted by Crippen LogP contribution is -2.08. The Morgan fingerprint density at radius 2 is 2.43 bits per heavy atom. The summed E-state index contributed by atoms with van der Waals surface area (Å²) in [4.78, 5) is 3.95. The number of aromatic nitrogens is 1. The molecule has 14 heavy (non-hydrogen) atoms. The van der Waals surface area contributed by atoms with Crippen LogP contribution in [0.5, 0.6) is 0 Å². The van der Waals surface area contributed by atoms with Crippen molar-refractivity contribution >= 4 is 12.0 Å². The van der Waals surface area contributed by atoms with Gasteiger partial charge in [-0.05, 0) is 12.1 Å². The molecule has 2 heterocycles. The van der Waals surface area contributed by atoms with Crippen molar-refractivity contribution in [2.75, 3.05) is 0 Å². The van der Waals surface area contributed by atoms with Gasteiger partial charge in [-0.1, -0.05) is 0 Å². The first-order chi connectivity index (χ1) is 6.90. The van der Waals surface area contributed by atoms with Crippen molar-refractivity contribution in [1.82, 2.24) is 9.88 Å². The van der Waals surface area contributed by atoms with Crippen molar-refractivity contribution in [3.05, 3.63) is 42.5 Å². The number of hydrogen-bond acceptors (Lipinski definition) is 3. The number of nitrogens with zero attached hydrogens (tertiary/aromatic N) is 3. The van der Waals surface area contributed by atoms with Gasteiger partial charge in [-0.2, -0.15) is 5.26 Å². The Labute approximate surface area is 81.5 Å². The molecule has 1 aliphatic heterocycles. The topological polar surface area (TPSA) is 53.1 Å². The van der Waals surface area contributed by atoms with Crippen LogP contribution in [-0.2, 0) is 0 Å². The molecule has 1 N–H and O–H groups in total. The summed E-state index contributed by atoms with van der Waals surface area (Å²) in [5.41, 5.74) is 0.637. The molecule has 0 unspecified atom stereocenters. The lowest BCUT2D eigenvalue weighted by Gasteiger charge is -2.05. The summed E-state index contributed by atoms with van der Waals surface area (Å²) in [7, 11) is 0. The van der Waals surface area contributed by atoms with Crippen molar-refractivity contribution in [1.29, 1.82) is 5.26 Å². The summed E-state index contributed by atoms with van der Waals surface area (Å²) < 4.78 is 1.83. The Morgan fingerprint density at radius 1 is 1.50 bits per heavy atom. The van der Waals surface area contributed by atoms with Gasteiger partial charge in [-0.3, -0.25) is 4.99 Å². The maximum atomic E-state index is 8.66. The zero-order valence-electron chi connectivity index (χ0n) is 7.38. The van der Waals surface area contributed by atoms with Gasteiger partial charge in [-0.15, -0.1) is 0 Å². The zero-order chi connectivity index (χ0) is 9.80. The standard InChI is InChI=1S/C10H8N4/c11-7-9-2-6-14(8-9)10-1-3-12-4-5-13-10/h1-6,8,13H. The number of hydrogen-bond donors (Lipinski definition) is 1. The van der Waals surface area contributed by atoms with Crippen LogP contribution in [0, 0.1) is 11.3 Å². The molecule has 0 radical (unpaired) electrons. The van der Waals surface area contributed by atoms with Crippen LogP contribution in [-0.4, -0.2) is 10.8 Å². The summed E-state index contributed by atoms with van der Waals surface area (Å²) in [6.07, 6.45) is 10.5. The molecule has 0 atom stereocenters. The predicted octanol–water partition coefficient (Wildman–Crippen LogP) is 1.30. The highest BCUT2D eigenvalue weighted by atomic mass is 15.1. The maximum Gasteiger partial charge on any atom is 0.115 e. The molecule has 0 aromatic carbocycles. The normalized spacial score (nSPS) is 14.1. The first-order valence-electron chi connectivity index (χ1n) is 4.13. The highest BCUT2D eigenvalue weighted by Crippen LogP contribution is 2.06. The van der Waals surface area contributed by atoms with E-state index in [-0.39, 0.29) is 0 Å². The lowest BCUT2D eigenvalue weighted by molar-refractivity contribution is 0.999. The van der Waals surface area contributed by atoms with Crippen LogP contribution < -0.4 is 5.32 Å². The summed E-state index contributed by atoms with van der Waals surface area (Å²) in [6, 6.07) is 3.83. The third-order valence-corrected chi connectivity index (χ3v) is 1.81. The molecule has 1 aromatic rings.